The number of rotatable bonds is 4. The number of aliphatic hydroxyl groups is 1. The van der Waals surface area contributed by atoms with E-state index >= 15 is 0 Å². The molecule has 1 aliphatic rings. The van der Waals surface area contributed by atoms with E-state index < -0.39 is 0 Å². The van der Waals surface area contributed by atoms with Crippen LogP contribution in [0.25, 0.3) is 11.2 Å². The van der Waals surface area contributed by atoms with Crippen molar-refractivity contribution in [2.45, 2.75) is 32.1 Å². The maximum atomic E-state index is 11.2. The van der Waals surface area contributed by atoms with E-state index in [4.69, 9.17) is 9.47 Å². The number of nitrogens with one attached hydrogen (secondary N) is 1. The summed E-state index contributed by atoms with van der Waals surface area (Å²) in [6.45, 7) is 1.36. The SMILES string of the molecule is COc1nc(NC(C)=O)nc2c1ncn2C1CCC(CO)O1. The molecule has 2 N–H and O–H groups in total. The van der Waals surface area contributed by atoms with Crippen molar-refractivity contribution in [2.24, 2.45) is 0 Å². The fourth-order valence-corrected chi connectivity index (χ4v) is 2.48. The summed E-state index contributed by atoms with van der Waals surface area (Å²) in [5.74, 6) is 0.157. The second-order valence-corrected chi connectivity index (χ2v) is 5.03. The Balaban J connectivity index is 2.02. The number of aliphatic hydroxyl groups excluding tert-OH is 1. The zero-order valence-corrected chi connectivity index (χ0v) is 12.3. The monoisotopic (exact) mass is 307 g/mol. The molecule has 0 radical (unpaired) electrons. The Morgan fingerprint density at radius 1 is 1.55 bits per heavy atom. The average Bonchev–Trinajstić information content (AvgIpc) is 3.11. The highest BCUT2D eigenvalue weighted by Gasteiger charge is 2.28. The van der Waals surface area contributed by atoms with Crippen molar-refractivity contribution in [1.82, 2.24) is 19.5 Å². The molecule has 3 rings (SSSR count). The molecule has 1 saturated heterocycles. The molecule has 118 valence electrons. The van der Waals surface area contributed by atoms with Crippen LogP contribution < -0.4 is 10.1 Å². The van der Waals surface area contributed by atoms with Crippen LogP contribution in [-0.4, -0.2) is 50.4 Å². The molecule has 1 amide bonds. The summed E-state index contributed by atoms with van der Waals surface area (Å²) < 4.78 is 12.7. The first-order valence-electron chi connectivity index (χ1n) is 6.95. The fourth-order valence-electron chi connectivity index (χ4n) is 2.48. The number of anilines is 1. The predicted octanol–water partition coefficient (Wildman–Crippen LogP) is 0.463. The maximum absolute atomic E-state index is 11.2. The molecule has 9 nitrogen and oxygen atoms in total. The molecular formula is C13H17N5O4. The van der Waals surface area contributed by atoms with Crippen molar-refractivity contribution in [1.29, 1.82) is 0 Å². The summed E-state index contributed by atoms with van der Waals surface area (Å²) >= 11 is 0. The Bertz CT molecular complexity index is 701. The van der Waals surface area contributed by atoms with Crippen LogP contribution in [-0.2, 0) is 9.53 Å². The van der Waals surface area contributed by atoms with Gasteiger partial charge in [-0.3, -0.25) is 14.7 Å². The summed E-state index contributed by atoms with van der Waals surface area (Å²) in [6.07, 6.45) is 2.68. The van der Waals surface area contributed by atoms with Gasteiger partial charge in [0.1, 0.15) is 6.23 Å². The van der Waals surface area contributed by atoms with Gasteiger partial charge in [0.2, 0.25) is 17.7 Å². The molecular weight excluding hydrogens is 290 g/mol. The highest BCUT2D eigenvalue weighted by molar-refractivity contribution is 5.88. The lowest BCUT2D eigenvalue weighted by Crippen LogP contribution is -2.15. The van der Waals surface area contributed by atoms with Gasteiger partial charge in [-0.05, 0) is 12.8 Å². The molecule has 0 aliphatic carbocycles. The summed E-state index contributed by atoms with van der Waals surface area (Å²) in [5.41, 5.74) is 1.01. The largest absolute Gasteiger partial charge is 0.479 e. The highest BCUT2D eigenvalue weighted by Crippen LogP contribution is 2.32. The Hall–Kier alpha value is -2.26. The molecule has 0 bridgehead atoms. The van der Waals surface area contributed by atoms with Gasteiger partial charge >= 0.3 is 0 Å². The van der Waals surface area contributed by atoms with Crippen LogP contribution >= 0.6 is 0 Å². The quantitative estimate of drug-likeness (QED) is 0.844. The molecule has 0 saturated carbocycles. The van der Waals surface area contributed by atoms with Crippen molar-refractivity contribution in [3.63, 3.8) is 0 Å². The van der Waals surface area contributed by atoms with Gasteiger partial charge < -0.3 is 14.6 Å². The smallest absolute Gasteiger partial charge is 0.246 e. The van der Waals surface area contributed by atoms with E-state index in [0.717, 1.165) is 12.8 Å². The van der Waals surface area contributed by atoms with E-state index in [0.29, 0.717) is 11.2 Å². The number of fused-ring (bicyclic) bond motifs is 1. The third-order valence-corrected chi connectivity index (χ3v) is 3.47. The molecule has 2 unspecified atom stereocenters. The van der Waals surface area contributed by atoms with E-state index in [9.17, 15) is 9.90 Å². The molecule has 2 aromatic heterocycles. The summed E-state index contributed by atoms with van der Waals surface area (Å²) in [7, 11) is 1.48. The van der Waals surface area contributed by atoms with Crippen LogP contribution in [0.2, 0.25) is 0 Å². The molecule has 9 heteroatoms. The first-order chi connectivity index (χ1) is 10.6. The topological polar surface area (TPSA) is 111 Å². The van der Waals surface area contributed by atoms with Crippen LogP contribution in [0.4, 0.5) is 5.95 Å². The number of carbonyl (C=O) groups excluding carboxylic acids is 1. The number of nitrogens with zero attached hydrogens (tertiary/aromatic N) is 4. The molecule has 2 aromatic rings. The van der Waals surface area contributed by atoms with Crippen molar-refractivity contribution >= 4 is 23.0 Å². The summed E-state index contributed by atoms with van der Waals surface area (Å²) in [5, 5.41) is 11.7. The van der Waals surface area contributed by atoms with Gasteiger partial charge in [-0.1, -0.05) is 0 Å². The van der Waals surface area contributed by atoms with E-state index in [1.807, 2.05) is 0 Å². The predicted molar refractivity (Wildman–Crippen MR) is 76.4 cm³/mol. The lowest BCUT2D eigenvalue weighted by molar-refractivity contribution is -0.114. The van der Waals surface area contributed by atoms with Crippen LogP contribution in [0.5, 0.6) is 5.88 Å². The van der Waals surface area contributed by atoms with Crippen LogP contribution in [0.3, 0.4) is 0 Å². The number of imidazole rings is 1. The van der Waals surface area contributed by atoms with Crippen molar-refractivity contribution in [2.75, 3.05) is 19.0 Å². The van der Waals surface area contributed by atoms with Gasteiger partial charge in [-0.25, -0.2) is 4.98 Å². The minimum absolute atomic E-state index is 0.0153. The zero-order valence-electron chi connectivity index (χ0n) is 12.3. The first-order valence-corrected chi connectivity index (χ1v) is 6.95. The van der Waals surface area contributed by atoms with Crippen LogP contribution in [0.15, 0.2) is 6.33 Å². The van der Waals surface area contributed by atoms with E-state index in [1.54, 1.807) is 10.9 Å². The molecule has 3 heterocycles. The number of amides is 1. The van der Waals surface area contributed by atoms with E-state index in [2.05, 4.69) is 20.3 Å². The number of ether oxygens (including phenoxy) is 2. The maximum Gasteiger partial charge on any atom is 0.246 e. The van der Waals surface area contributed by atoms with Gasteiger partial charge in [-0.15, -0.1) is 0 Å². The lowest BCUT2D eigenvalue weighted by Gasteiger charge is -2.14. The van der Waals surface area contributed by atoms with Crippen molar-refractivity contribution in [3.05, 3.63) is 6.33 Å². The summed E-state index contributed by atoms with van der Waals surface area (Å²) in [4.78, 5) is 23.9. The Labute approximate surface area is 126 Å². The third kappa shape index (κ3) is 2.60. The number of aromatic nitrogens is 4. The Kier molecular flexibility index (Phi) is 3.90. The van der Waals surface area contributed by atoms with Gasteiger partial charge in [0.25, 0.3) is 0 Å². The minimum Gasteiger partial charge on any atom is -0.479 e. The summed E-state index contributed by atoms with van der Waals surface area (Å²) in [6, 6.07) is 0. The second kappa shape index (κ2) is 5.85. The van der Waals surface area contributed by atoms with Crippen LogP contribution in [0.1, 0.15) is 26.0 Å². The van der Waals surface area contributed by atoms with E-state index in [1.165, 1.54) is 14.0 Å². The van der Waals surface area contributed by atoms with Gasteiger partial charge in [0.15, 0.2) is 11.2 Å². The number of hydrogen-bond acceptors (Lipinski definition) is 7. The normalized spacial score (nSPS) is 21.2. The Morgan fingerprint density at radius 2 is 2.36 bits per heavy atom. The van der Waals surface area contributed by atoms with Gasteiger partial charge in [0.05, 0.1) is 26.1 Å². The van der Waals surface area contributed by atoms with Crippen molar-refractivity contribution < 1.29 is 19.4 Å². The molecule has 0 spiro atoms. The minimum atomic E-state index is -0.273. The molecule has 2 atom stereocenters. The molecule has 1 aliphatic heterocycles. The number of hydrogen-bond donors (Lipinski definition) is 2. The second-order valence-electron chi connectivity index (χ2n) is 5.03. The molecule has 22 heavy (non-hydrogen) atoms. The van der Waals surface area contributed by atoms with Crippen molar-refractivity contribution in [3.8, 4) is 5.88 Å². The van der Waals surface area contributed by atoms with E-state index in [-0.39, 0.29) is 36.7 Å². The molecule has 0 aromatic carbocycles. The third-order valence-electron chi connectivity index (χ3n) is 3.47. The van der Waals surface area contributed by atoms with Gasteiger partial charge in [0, 0.05) is 6.92 Å². The Morgan fingerprint density at radius 3 is 3.00 bits per heavy atom. The number of methoxy groups -OCH3 is 1. The first kappa shape index (κ1) is 14.7. The zero-order chi connectivity index (χ0) is 15.7. The lowest BCUT2D eigenvalue weighted by atomic mass is 10.2. The number of carbonyl (C=O) groups is 1. The average molecular weight is 307 g/mol. The molecule has 1 fully saturated rings. The van der Waals surface area contributed by atoms with Crippen LogP contribution in [0, 0.1) is 0 Å². The fraction of sp³-hybridized carbons (Fsp3) is 0.538. The standard InChI is InChI=1S/C13H17N5O4/c1-7(20)15-13-16-11-10(12(17-13)21-2)14-6-18(11)9-4-3-8(5-19)22-9/h6,8-9,19H,3-5H2,1-2H3,(H,15,16,17,20). The van der Waals surface area contributed by atoms with Gasteiger partial charge in [-0.2, -0.15) is 9.97 Å². The highest BCUT2D eigenvalue weighted by atomic mass is 16.5.